The molecule has 2 aromatic carbocycles. The lowest BCUT2D eigenvalue weighted by Gasteiger charge is -2.22. The predicted octanol–water partition coefficient (Wildman–Crippen LogP) is 3.49. The van der Waals surface area contributed by atoms with Gasteiger partial charge in [0.15, 0.2) is 15.8 Å². The number of sulfone groups is 1. The van der Waals surface area contributed by atoms with E-state index in [2.05, 4.69) is 10.3 Å². The van der Waals surface area contributed by atoms with Crippen molar-refractivity contribution >= 4 is 39.8 Å². The molecule has 0 unspecified atom stereocenters. The first kappa shape index (κ1) is 24.4. The standard InChI is InChI=1S/C20H26FN3O2S.HI/c1-4-22-20(24(2)15-17-6-5-7-18(21)14-17)23-13-12-16-8-10-19(11-9-16)27(3,25)26;/h5-11,14H,4,12-13,15H2,1-3H3,(H,22,23);1H. The summed E-state index contributed by atoms with van der Waals surface area (Å²) in [4.78, 5) is 6.88. The van der Waals surface area contributed by atoms with E-state index in [0.717, 1.165) is 23.6 Å². The lowest BCUT2D eigenvalue weighted by atomic mass is 10.1. The minimum atomic E-state index is -3.18. The molecule has 1 N–H and O–H groups in total. The van der Waals surface area contributed by atoms with E-state index < -0.39 is 9.84 Å². The Bertz CT molecular complexity index is 887. The Morgan fingerprint density at radius 3 is 2.39 bits per heavy atom. The fraction of sp³-hybridized carbons (Fsp3) is 0.350. The number of aliphatic imine (C=N–C) groups is 1. The van der Waals surface area contributed by atoms with Crippen LogP contribution in [-0.2, 0) is 22.8 Å². The lowest BCUT2D eigenvalue weighted by Crippen LogP contribution is -2.38. The van der Waals surface area contributed by atoms with Crippen LogP contribution in [0.25, 0.3) is 0 Å². The highest BCUT2D eigenvalue weighted by atomic mass is 127. The minimum Gasteiger partial charge on any atom is -0.357 e. The number of guanidine groups is 1. The summed E-state index contributed by atoms with van der Waals surface area (Å²) in [5, 5.41) is 3.24. The van der Waals surface area contributed by atoms with Crippen molar-refractivity contribution in [2.75, 3.05) is 26.4 Å². The molecule has 2 aromatic rings. The average Bonchev–Trinajstić information content (AvgIpc) is 2.60. The summed E-state index contributed by atoms with van der Waals surface area (Å²) >= 11 is 0. The van der Waals surface area contributed by atoms with Crippen LogP contribution < -0.4 is 5.32 Å². The summed E-state index contributed by atoms with van der Waals surface area (Å²) in [6.45, 7) is 3.84. The van der Waals surface area contributed by atoms with Gasteiger partial charge in [-0.25, -0.2) is 12.8 Å². The molecule has 8 heteroatoms. The molecule has 0 amide bonds. The second kappa shape index (κ2) is 11.4. The van der Waals surface area contributed by atoms with Crippen LogP contribution in [-0.4, -0.2) is 45.7 Å². The van der Waals surface area contributed by atoms with Crippen LogP contribution in [0.1, 0.15) is 18.1 Å². The molecule has 0 saturated heterocycles. The van der Waals surface area contributed by atoms with Crippen molar-refractivity contribution in [1.29, 1.82) is 0 Å². The molecular formula is C20H27FIN3O2S. The van der Waals surface area contributed by atoms with Crippen LogP contribution in [0.15, 0.2) is 58.4 Å². The van der Waals surface area contributed by atoms with Gasteiger partial charge in [-0.15, -0.1) is 24.0 Å². The Balaban J connectivity index is 0.00000392. The van der Waals surface area contributed by atoms with Crippen LogP contribution in [0.2, 0.25) is 0 Å². The van der Waals surface area contributed by atoms with Gasteiger partial charge in [-0.2, -0.15) is 0 Å². The number of hydrogen-bond acceptors (Lipinski definition) is 3. The average molecular weight is 519 g/mol. The number of rotatable bonds is 7. The van der Waals surface area contributed by atoms with Crippen LogP contribution >= 0.6 is 24.0 Å². The van der Waals surface area contributed by atoms with E-state index in [4.69, 9.17) is 0 Å². The predicted molar refractivity (Wildman–Crippen MR) is 123 cm³/mol. The van der Waals surface area contributed by atoms with Gasteiger partial charge >= 0.3 is 0 Å². The second-order valence-corrected chi connectivity index (χ2v) is 8.40. The molecule has 0 heterocycles. The van der Waals surface area contributed by atoms with Crippen LogP contribution in [0.4, 0.5) is 4.39 Å². The van der Waals surface area contributed by atoms with E-state index in [0.29, 0.717) is 24.4 Å². The van der Waals surface area contributed by atoms with E-state index in [1.807, 2.05) is 37.1 Å². The maximum atomic E-state index is 13.4. The molecule has 154 valence electrons. The molecule has 5 nitrogen and oxygen atoms in total. The van der Waals surface area contributed by atoms with Gasteiger partial charge in [0.25, 0.3) is 0 Å². The zero-order chi connectivity index (χ0) is 19.9. The number of hydrogen-bond donors (Lipinski definition) is 1. The van der Waals surface area contributed by atoms with Gasteiger partial charge in [0.2, 0.25) is 0 Å². The topological polar surface area (TPSA) is 61.8 Å². The molecule has 0 aromatic heterocycles. The zero-order valence-corrected chi connectivity index (χ0v) is 19.5. The molecule has 0 bridgehead atoms. The molecule has 0 radical (unpaired) electrons. The first-order valence-electron chi connectivity index (χ1n) is 8.82. The van der Waals surface area contributed by atoms with Crippen molar-refractivity contribution in [3.8, 4) is 0 Å². The van der Waals surface area contributed by atoms with Gasteiger partial charge in [0.05, 0.1) is 4.90 Å². The normalized spacial score (nSPS) is 11.6. The van der Waals surface area contributed by atoms with Crippen molar-refractivity contribution in [1.82, 2.24) is 10.2 Å². The van der Waals surface area contributed by atoms with Crippen molar-refractivity contribution in [2.45, 2.75) is 24.8 Å². The molecule has 2 rings (SSSR count). The molecular weight excluding hydrogens is 492 g/mol. The van der Waals surface area contributed by atoms with Gasteiger partial charge < -0.3 is 10.2 Å². The summed E-state index contributed by atoms with van der Waals surface area (Å²) < 4.78 is 36.4. The third-order valence-corrected chi connectivity index (χ3v) is 5.15. The SMILES string of the molecule is CCNC(=NCCc1ccc(S(C)(=O)=O)cc1)N(C)Cc1cccc(F)c1.I. The van der Waals surface area contributed by atoms with Crippen molar-refractivity contribution in [3.05, 3.63) is 65.5 Å². The molecule has 0 aliphatic rings. The molecule has 0 spiro atoms. The Labute approximate surface area is 184 Å². The monoisotopic (exact) mass is 519 g/mol. The summed E-state index contributed by atoms with van der Waals surface area (Å²) in [6.07, 6.45) is 1.90. The molecule has 0 aliphatic heterocycles. The quantitative estimate of drug-likeness (QED) is 0.346. The number of nitrogens with zero attached hydrogens (tertiary/aromatic N) is 2. The largest absolute Gasteiger partial charge is 0.357 e. The van der Waals surface area contributed by atoms with E-state index in [1.165, 1.54) is 18.4 Å². The Morgan fingerprint density at radius 1 is 1.14 bits per heavy atom. The summed E-state index contributed by atoms with van der Waals surface area (Å²) in [5.41, 5.74) is 1.90. The minimum absolute atomic E-state index is 0. The molecule has 0 atom stereocenters. The summed E-state index contributed by atoms with van der Waals surface area (Å²) in [5.74, 6) is 0.495. The third kappa shape index (κ3) is 7.75. The van der Waals surface area contributed by atoms with Gasteiger partial charge in [0, 0.05) is 32.9 Å². The zero-order valence-electron chi connectivity index (χ0n) is 16.4. The fourth-order valence-corrected chi connectivity index (χ4v) is 3.28. The molecule has 28 heavy (non-hydrogen) atoms. The first-order chi connectivity index (χ1) is 12.8. The van der Waals surface area contributed by atoms with Gasteiger partial charge in [-0.05, 0) is 48.7 Å². The molecule has 0 saturated carbocycles. The highest BCUT2D eigenvalue weighted by Crippen LogP contribution is 2.11. The van der Waals surface area contributed by atoms with Crippen molar-refractivity contribution < 1.29 is 12.8 Å². The second-order valence-electron chi connectivity index (χ2n) is 6.39. The number of nitrogens with one attached hydrogen (secondary N) is 1. The lowest BCUT2D eigenvalue weighted by molar-refractivity contribution is 0.475. The maximum absolute atomic E-state index is 13.4. The van der Waals surface area contributed by atoms with E-state index in [9.17, 15) is 12.8 Å². The summed E-state index contributed by atoms with van der Waals surface area (Å²) in [6, 6.07) is 13.4. The highest BCUT2D eigenvalue weighted by molar-refractivity contribution is 14.0. The first-order valence-corrected chi connectivity index (χ1v) is 10.7. The van der Waals surface area contributed by atoms with E-state index in [1.54, 1.807) is 18.2 Å². The Morgan fingerprint density at radius 2 is 1.82 bits per heavy atom. The van der Waals surface area contributed by atoms with E-state index >= 15 is 0 Å². The summed E-state index contributed by atoms with van der Waals surface area (Å²) in [7, 11) is -1.27. The van der Waals surface area contributed by atoms with E-state index in [-0.39, 0.29) is 29.8 Å². The maximum Gasteiger partial charge on any atom is 0.193 e. The Hall–Kier alpha value is -1.68. The van der Waals surface area contributed by atoms with Crippen LogP contribution in [0.3, 0.4) is 0 Å². The van der Waals surface area contributed by atoms with Gasteiger partial charge in [0.1, 0.15) is 5.82 Å². The number of benzene rings is 2. The van der Waals surface area contributed by atoms with Crippen molar-refractivity contribution in [3.63, 3.8) is 0 Å². The molecule has 0 fully saturated rings. The van der Waals surface area contributed by atoms with Crippen LogP contribution in [0.5, 0.6) is 0 Å². The van der Waals surface area contributed by atoms with Gasteiger partial charge in [-0.3, -0.25) is 4.99 Å². The van der Waals surface area contributed by atoms with Gasteiger partial charge in [-0.1, -0.05) is 24.3 Å². The molecule has 0 aliphatic carbocycles. The Kier molecular flexibility index (Phi) is 9.88. The smallest absolute Gasteiger partial charge is 0.193 e. The van der Waals surface area contributed by atoms with Crippen molar-refractivity contribution in [2.24, 2.45) is 4.99 Å². The fourth-order valence-electron chi connectivity index (χ4n) is 2.65. The third-order valence-electron chi connectivity index (χ3n) is 4.02. The number of halogens is 2. The highest BCUT2D eigenvalue weighted by Gasteiger charge is 2.08. The van der Waals surface area contributed by atoms with Crippen LogP contribution in [0, 0.1) is 5.82 Å².